The van der Waals surface area contributed by atoms with Crippen LogP contribution in [-0.4, -0.2) is 143 Å². The maximum atomic E-state index is 12.9. The standard InChI is InChI=1S/C43H68N2O4.C41H65NO5.C40H64N2O6/c1-27-15-19-41(7)36(40(27,5)6)17-21-42(8)37(41)24-35(49-28(2)47)38-31(16-20-43(38,42)9)39(3,4)18-12-22-44-33(34(48)26-46)23-29-25-45-32-14-11-10-13-30(29)32;1-26-16-20-39(7)33(38(26,5)6)18-22-40(8)34(39)25-32(47-27(2)43)35-30(17-21-41(35,40)9)37(3,4)19-11-23-42-31(36(45)46-10)24-28-12-14-29(44)15-13-28;1-25-13-17-37(6)33(36(25,4)5)15-19-38(7)34(37)21-32(47-26(2)44)35-30(14-18-39(35,38)8)40(9,48-27(3)45)16-11-10-12-28(31(46)23-43)20-29-22-41-24-42-29/h10-11,13-14,27,29,31,33,35-38,44-46H,12,15-26H2,1-9H3;12-15,26,30-35,42,44H,11,16-25H2,1-10H3;22,24-25,28,30,32-35,43H,10-21,23H2,1-9H3,(H,41,42)/t27-,29?,31?,33-,35?,36?,37?,38-,41-,42+,43+;26-,30?,31+,32?,33?,34?,35-,39-,40+,41+;25-,28-,30?,32?,33?,34?,35-,37-,38+,39+,40-/m000/s1. The molecule has 16 rings (SSSR count). The average Bonchev–Trinajstić information content (AvgIpc) is 1.40. The number of nitrogens with zero attached hydrogens (tertiary/aromatic N) is 1. The number of imidazole rings is 1. The van der Waals surface area contributed by atoms with Crippen molar-refractivity contribution in [2.45, 2.75) is 434 Å². The normalized spacial score (nSPS) is 39.1. The summed E-state index contributed by atoms with van der Waals surface area (Å²) in [6, 6.07) is 14.6. The second-order valence-corrected chi connectivity index (χ2v) is 55.8. The number of aliphatic hydroxyl groups is 2. The van der Waals surface area contributed by atoms with Crippen LogP contribution in [0.1, 0.15) is 402 Å². The van der Waals surface area contributed by atoms with Crippen molar-refractivity contribution in [3.05, 3.63) is 77.9 Å². The lowest BCUT2D eigenvalue weighted by Crippen LogP contribution is -2.66. The molecule has 3 aromatic rings. The molecular formula is C124H197N5O15. The number of ether oxygens (including phenoxy) is 5. The zero-order valence-corrected chi connectivity index (χ0v) is 94.8. The van der Waals surface area contributed by atoms with Gasteiger partial charge < -0.3 is 59.9 Å². The number of rotatable bonds is 33. The first-order chi connectivity index (χ1) is 67.3. The summed E-state index contributed by atoms with van der Waals surface area (Å²) < 4.78 is 30.7. The lowest BCUT2D eigenvalue weighted by Gasteiger charge is -2.71. The van der Waals surface area contributed by atoms with Crippen molar-refractivity contribution in [2.75, 3.05) is 45.3 Å². The van der Waals surface area contributed by atoms with E-state index in [9.17, 15) is 48.9 Å². The van der Waals surface area contributed by atoms with Gasteiger partial charge in [-0.2, -0.15) is 0 Å². The number of aromatic nitrogens is 2. The molecule has 1 aromatic heterocycles. The molecule has 808 valence electrons. The summed E-state index contributed by atoms with van der Waals surface area (Å²) in [4.78, 5) is 96.3. The number of carbonyl (C=O) groups is 7. The number of hydrogen-bond acceptors (Lipinski definition) is 19. The SMILES string of the molecule is CC(=O)OC1CC2[C@@]3(C)CC[C@H](C)C(C)(C)C3CC[C@@]2(C)[C@]2(C)CCC(C(C)(C)CCCN[C@@H](CC3CNc4ccccc43)C(=O)CO)[C@@H]12.CC(=O)OC1CC2[C@@]3(C)CC[C@H](C)C(C)(C)C3CC[C@@]2(C)[C@]2(C)CCC([C@](C)(CCCC[C@@H](Cc3cnc[nH]3)C(=O)CO)OC(C)=O)[C@@H]12.COC(=O)[C@@H](Cc1ccc(O)cc1)NCCCC(C)(C)C1CC[C@]2(C)[C@@H]1C(OC(C)=O)CC1[C@@]3(C)CC[C@H](C)C(C)(C)C3CC[C@]12C. The van der Waals surface area contributed by atoms with Gasteiger partial charge in [0.2, 0.25) is 0 Å². The van der Waals surface area contributed by atoms with Crippen LogP contribution in [0.3, 0.4) is 0 Å². The molecule has 2 aromatic carbocycles. The van der Waals surface area contributed by atoms with Crippen LogP contribution in [0.15, 0.2) is 61.1 Å². The molecule has 0 radical (unpaired) electrons. The Bertz CT molecular complexity index is 4960. The molecule has 32 atom stereocenters. The largest absolute Gasteiger partial charge is 0.508 e. The van der Waals surface area contributed by atoms with E-state index in [1.165, 1.54) is 122 Å². The number of aromatic amines is 1. The number of esters is 5. The van der Waals surface area contributed by atoms with E-state index in [1.54, 1.807) is 45.4 Å². The zero-order chi connectivity index (χ0) is 105. The van der Waals surface area contributed by atoms with E-state index in [0.29, 0.717) is 108 Å². The first-order valence-electron chi connectivity index (χ1n) is 57.4. The molecule has 2 heterocycles. The van der Waals surface area contributed by atoms with Crippen molar-refractivity contribution >= 4 is 47.1 Å². The highest BCUT2D eigenvalue weighted by atomic mass is 16.6. The number of hydrogen-bond donors (Lipinski definition) is 7. The summed E-state index contributed by atoms with van der Waals surface area (Å²) in [5.41, 5.74) is 6.08. The molecular weight excluding hydrogens is 1800 g/mol. The van der Waals surface area contributed by atoms with E-state index in [4.69, 9.17) is 23.7 Å². The molecule has 20 nitrogen and oxygen atoms in total. The number of ketones is 2. The Hall–Kier alpha value is -6.22. The molecule has 0 bridgehead atoms. The lowest BCUT2D eigenvalue weighted by atomic mass is 9.34. The van der Waals surface area contributed by atoms with Crippen molar-refractivity contribution in [3.63, 3.8) is 0 Å². The van der Waals surface area contributed by atoms with Gasteiger partial charge in [-0.05, 0) is 389 Å². The Kier molecular flexibility index (Phi) is 33.7. The van der Waals surface area contributed by atoms with Crippen LogP contribution in [0.2, 0.25) is 0 Å². The monoisotopic (exact) mass is 2000 g/mol. The van der Waals surface area contributed by atoms with Gasteiger partial charge in [0.25, 0.3) is 0 Å². The number of methoxy groups -OCH3 is 1. The summed E-state index contributed by atoms with van der Waals surface area (Å²) in [6.45, 7) is 65.4. The number of para-hydroxylation sites is 1. The number of anilines is 1. The van der Waals surface area contributed by atoms with Crippen molar-refractivity contribution in [3.8, 4) is 5.75 Å². The minimum Gasteiger partial charge on any atom is -0.508 e. The van der Waals surface area contributed by atoms with E-state index in [0.717, 1.165) is 119 Å². The number of Topliss-reactive ketones (excluding diaryl/α,β-unsaturated/α-hetero) is 2. The maximum absolute atomic E-state index is 12.9. The third kappa shape index (κ3) is 20.7. The number of benzene rings is 2. The number of phenolic OH excluding ortho intramolecular Hbond substituents is 1. The Morgan fingerprint density at radius 1 is 0.465 bits per heavy atom. The number of unbranched alkanes of at least 4 members (excludes halogenated alkanes) is 1. The number of carbonyl (C=O) groups excluding carboxylic acids is 7. The number of aliphatic hydroxyl groups excluding tert-OH is 2. The number of aromatic hydroxyl groups is 1. The third-order valence-electron chi connectivity index (χ3n) is 47.6. The van der Waals surface area contributed by atoms with Crippen LogP contribution in [-0.2, 0) is 70.1 Å². The fourth-order valence-corrected chi connectivity index (χ4v) is 38.4. The van der Waals surface area contributed by atoms with Gasteiger partial charge in [0.1, 0.15) is 48.9 Å². The summed E-state index contributed by atoms with van der Waals surface area (Å²) >= 11 is 0. The van der Waals surface area contributed by atoms with Gasteiger partial charge in [-0.15, -0.1) is 0 Å². The van der Waals surface area contributed by atoms with Gasteiger partial charge in [-0.25, -0.2) is 4.98 Å². The molecule has 7 N–H and O–H groups in total. The van der Waals surface area contributed by atoms with Crippen molar-refractivity contribution in [2.24, 2.45) is 170 Å². The van der Waals surface area contributed by atoms with E-state index >= 15 is 0 Å². The second-order valence-electron chi connectivity index (χ2n) is 55.8. The molecule has 0 amide bonds. The van der Waals surface area contributed by atoms with Gasteiger partial charge in [-0.1, -0.05) is 189 Å². The van der Waals surface area contributed by atoms with Crippen molar-refractivity contribution in [1.82, 2.24) is 20.6 Å². The molecule has 13 aliphatic rings. The minimum atomic E-state index is -0.723. The zero-order valence-electron chi connectivity index (χ0n) is 94.8. The fraction of sp³-hybridized carbons (Fsp3) is 0.823. The topological polar surface area (TPSA) is 291 Å². The fourth-order valence-electron chi connectivity index (χ4n) is 38.4. The molecule has 13 unspecified atom stereocenters. The highest BCUT2D eigenvalue weighted by Crippen LogP contribution is 2.82. The molecule has 20 heteroatoms. The Morgan fingerprint density at radius 2 is 0.875 bits per heavy atom. The predicted molar refractivity (Wildman–Crippen MR) is 572 cm³/mol. The quantitative estimate of drug-likeness (QED) is 0.0169. The summed E-state index contributed by atoms with van der Waals surface area (Å²) in [5.74, 6) is 6.47. The van der Waals surface area contributed by atoms with E-state index in [2.05, 4.69) is 203 Å². The lowest BCUT2D eigenvalue weighted by molar-refractivity contribution is -0.246. The molecule has 0 saturated heterocycles. The van der Waals surface area contributed by atoms with Crippen LogP contribution in [0.5, 0.6) is 5.75 Å². The number of fused-ring (bicyclic) bond motifs is 16. The highest BCUT2D eigenvalue weighted by molar-refractivity contribution is 5.85. The van der Waals surface area contributed by atoms with E-state index in [-0.39, 0.29) is 160 Å². The first kappa shape index (κ1) is 113. The van der Waals surface area contributed by atoms with Gasteiger partial charge in [-0.3, -0.25) is 33.6 Å². The number of nitrogens with one attached hydrogen (secondary N) is 4. The summed E-state index contributed by atoms with van der Waals surface area (Å²) in [7, 11) is 1.44. The van der Waals surface area contributed by atoms with Gasteiger partial charge in [0, 0.05) is 87.3 Å². The number of H-pyrrole nitrogens is 1. The van der Waals surface area contributed by atoms with Crippen molar-refractivity contribution in [1.29, 1.82) is 0 Å². The Balaban J connectivity index is 0.000000171. The molecule has 1 aliphatic heterocycles. The molecule has 12 fully saturated rings. The van der Waals surface area contributed by atoms with Crippen LogP contribution < -0.4 is 16.0 Å². The van der Waals surface area contributed by atoms with Gasteiger partial charge in [0.15, 0.2) is 11.6 Å². The molecule has 0 spiro atoms. The van der Waals surface area contributed by atoms with Crippen LogP contribution >= 0.6 is 0 Å². The summed E-state index contributed by atoms with van der Waals surface area (Å²) in [6.07, 6.45) is 36.5. The highest BCUT2D eigenvalue weighted by Gasteiger charge is 2.76. The van der Waals surface area contributed by atoms with Crippen LogP contribution in [0.25, 0.3) is 0 Å². The van der Waals surface area contributed by atoms with E-state index < -0.39 is 24.9 Å². The first-order valence-corrected chi connectivity index (χ1v) is 57.4. The molecule has 144 heavy (non-hydrogen) atoms. The van der Waals surface area contributed by atoms with Gasteiger partial charge >= 0.3 is 29.8 Å². The number of phenols is 1. The Morgan fingerprint density at radius 3 is 1.28 bits per heavy atom. The maximum Gasteiger partial charge on any atom is 0.323 e. The van der Waals surface area contributed by atoms with E-state index in [1.807, 2.05) is 18.2 Å². The van der Waals surface area contributed by atoms with Crippen LogP contribution in [0, 0.1) is 170 Å². The molecule has 12 aliphatic carbocycles. The average molecular weight is 2000 g/mol. The van der Waals surface area contributed by atoms with Gasteiger partial charge in [0.05, 0.1) is 19.5 Å². The summed E-state index contributed by atoms with van der Waals surface area (Å²) in [5, 5.41) is 39.6. The van der Waals surface area contributed by atoms with Crippen molar-refractivity contribution < 1.29 is 72.6 Å². The third-order valence-corrected chi connectivity index (χ3v) is 47.6. The Labute approximate surface area is 868 Å². The smallest absolute Gasteiger partial charge is 0.323 e. The molecule has 12 saturated carbocycles. The second kappa shape index (κ2) is 42.8. The van der Waals surface area contributed by atoms with Crippen LogP contribution in [0.4, 0.5) is 5.69 Å². The minimum absolute atomic E-state index is 0.0297. The predicted octanol–water partition coefficient (Wildman–Crippen LogP) is 25.4.